The summed E-state index contributed by atoms with van der Waals surface area (Å²) in [6.45, 7) is 0. The number of H-pyrrole nitrogens is 4. The highest BCUT2D eigenvalue weighted by Crippen LogP contribution is 2.23. The largest absolute Gasteiger partial charge is 0.457 e. The van der Waals surface area contributed by atoms with Crippen LogP contribution < -0.4 is 37.9 Å². The second-order valence-corrected chi connectivity index (χ2v) is 7.03. The van der Waals surface area contributed by atoms with E-state index in [2.05, 4.69) is 20.6 Å². The fourth-order valence-corrected chi connectivity index (χ4v) is 2.91. The lowest BCUT2D eigenvalue weighted by Crippen LogP contribution is -2.26. The van der Waals surface area contributed by atoms with Crippen molar-refractivity contribution in [2.75, 3.05) is 10.6 Å². The molecule has 13 heteroatoms. The zero-order valence-electron chi connectivity index (χ0n) is 17.6. The van der Waals surface area contributed by atoms with E-state index in [4.69, 9.17) is 4.74 Å². The van der Waals surface area contributed by atoms with Crippen LogP contribution in [-0.2, 0) is 0 Å². The lowest BCUT2D eigenvalue weighted by molar-refractivity contribution is 0.101. The minimum atomic E-state index is -0.746. The number of hydrogen-bond acceptors (Lipinski definition) is 7. The lowest BCUT2D eigenvalue weighted by Gasteiger charge is -2.09. The normalized spacial score (nSPS) is 10.4. The van der Waals surface area contributed by atoms with Gasteiger partial charge < -0.3 is 25.3 Å². The first-order chi connectivity index (χ1) is 16.8. The summed E-state index contributed by atoms with van der Waals surface area (Å²) in [6, 6.07) is 12.1. The molecule has 6 N–H and O–H groups in total. The van der Waals surface area contributed by atoms with Crippen molar-refractivity contribution in [3.63, 3.8) is 0 Å². The molecule has 13 nitrogen and oxygen atoms in total. The van der Waals surface area contributed by atoms with Crippen molar-refractivity contribution >= 4 is 23.2 Å². The highest BCUT2D eigenvalue weighted by molar-refractivity contribution is 6.04. The van der Waals surface area contributed by atoms with Crippen molar-refractivity contribution in [1.29, 1.82) is 0 Å². The molecule has 2 aromatic carbocycles. The zero-order chi connectivity index (χ0) is 24.9. The van der Waals surface area contributed by atoms with Crippen molar-refractivity contribution in [1.82, 2.24) is 19.9 Å². The van der Waals surface area contributed by atoms with E-state index in [9.17, 15) is 28.8 Å². The maximum absolute atomic E-state index is 12.5. The van der Waals surface area contributed by atoms with Crippen LogP contribution in [0.5, 0.6) is 11.5 Å². The molecule has 4 rings (SSSR count). The van der Waals surface area contributed by atoms with Crippen LogP contribution in [-0.4, -0.2) is 31.8 Å². The summed E-state index contributed by atoms with van der Waals surface area (Å²) < 4.78 is 5.72. The lowest BCUT2D eigenvalue weighted by atomic mass is 10.2. The Hall–Kier alpha value is -5.46. The smallest absolute Gasteiger partial charge is 0.325 e. The van der Waals surface area contributed by atoms with Crippen LogP contribution in [0.1, 0.15) is 20.7 Å². The fourth-order valence-electron chi connectivity index (χ4n) is 2.91. The summed E-state index contributed by atoms with van der Waals surface area (Å²) in [5, 5.41) is 4.78. The molecular formula is C22H16N6O7. The number of aromatic nitrogens is 4. The van der Waals surface area contributed by atoms with Gasteiger partial charge in [0.25, 0.3) is 22.9 Å². The molecule has 0 saturated heterocycles. The number of carbonyl (C=O) groups is 2. The molecule has 2 heterocycles. The number of benzene rings is 2. The monoisotopic (exact) mass is 476 g/mol. The van der Waals surface area contributed by atoms with Gasteiger partial charge in [-0.1, -0.05) is 6.07 Å². The molecule has 0 unspecified atom stereocenters. The van der Waals surface area contributed by atoms with Gasteiger partial charge in [-0.3, -0.25) is 29.1 Å². The average molecular weight is 476 g/mol. The van der Waals surface area contributed by atoms with Crippen LogP contribution >= 0.6 is 0 Å². The summed E-state index contributed by atoms with van der Waals surface area (Å²) >= 11 is 0. The Balaban J connectivity index is 1.43. The van der Waals surface area contributed by atoms with E-state index in [0.717, 1.165) is 12.4 Å². The van der Waals surface area contributed by atoms with E-state index >= 15 is 0 Å². The molecule has 4 aromatic rings. The molecule has 0 aliphatic carbocycles. The van der Waals surface area contributed by atoms with Gasteiger partial charge in [0.15, 0.2) is 0 Å². The summed E-state index contributed by atoms with van der Waals surface area (Å²) in [6.07, 6.45) is 2.18. The van der Waals surface area contributed by atoms with Crippen LogP contribution in [0.4, 0.5) is 11.4 Å². The molecule has 0 radical (unpaired) electrons. The first-order valence-corrected chi connectivity index (χ1v) is 9.93. The summed E-state index contributed by atoms with van der Waals surface area (Å²) in [7, 11) is 0. The summed E-state index contributed by atoms with van der Waals surface area (Å²) in [5.74, 6) is -0.509. The van der Waals surface area contributed by atoms with Gasteiger partial charge >= 0.3 is 11.4 Å². The second kappa shape index (κ2) is 9.58. The summed E-state index contributed by atoms with van der Waals surface area (Å²) in [5.41, 5.74) is -2.71. The number of rotatable bonds is 6. The quantitative estimate of drug-likeness (QED) is 0.236. The van der Waals surface area contributed by atoms with Crippen molar-refractivity contribution < 1.29 is 14.3 Å². The topological polar surface area (TPSA) is 199 Å². The number of carbonyl (C=O) groups excluding carboxylic acids is 2. The van der Waals surface area contributed by atoms with E-state index in [1.54, 1.807) is 12.1 Å². The van der Waals surface area contributed by atoms with Gasteiger partial charge in [-0.05, 0) is 42.5 Å². The Morgan fingerprint density at radius 1 is 0.657 bits per heavy atom. The van der Waals surface area contributed by atoms with E-state index in [1.165, 1.54) is 36.4 Å². The Morgan fingerprint density at radius 3 is 1.74 bits per heavy atom. The first kappa shape index (κ1) is 22.7. The van der Waals surface area contributed by atoms with E-state index in [1.807, 2.05) is 9.97 Å². The van der Waals surface area contributed by atoms with Gasteiger partial charge in [0.2, 0.25) is 0 Å². The molecule has 0 saturated carbocycles. The third-order valence-corrected chi connectivity index (χ3v) is 4.58. The van der Waals surface area contributed by atoms with E-state index < -0.39 is 34.3 Å². The molecule has 0 fully saturated rings. The third kappa shape index (κ3) is 5.48. The van der Waals surface area contributed by atoms with Crippen molar-refractivity contribution in [3.8, 4) is 11.5 Å². The van der Waals surface area contributed by atoms with Crippen molar-refractivity contribution in [3.05, 3.63) is 114 Å². The van der Waals surface area contributed by atoms with Crippen LogP contribution in [0.15, 0.2) is 80.1 Å². The standard InChI is InChI=1S/C22H16N6O7/c29-17(25-15-9-23-21(33)27-19(15)31)11-4-6-13(7-5-11)35-14-3-1-2-12(8-14)18(30)26-16-10-24-22(34)28-20(16)32/h1-10H,(H,25,29)(H,26,30)(H2,23,27,31,33)(H2,24,28,32,34). The Labute approximate surface area is 193 Å². The van der Waals surface area contributed by atoms with E-state index in [-0.39, 0.29) is 22.5 Å². The van der Waals surface area contributed by atoms with Crippen LogP contribution in [0, 0.1) is 0 Å². The van der Waals surface area contributed by atoms with Gasteiger partial charge in [-0.25, -0.2) is 9.59 Å². The van der Waals surface area contributed by atoms with Crippen molar-refractivity contribution in [2.45, 2.75) is 0 Å². The molecule has 0 atom stereocenters. The Kier molecular flexibility index (Phi) is 6.22. The molecule has 35 heavy (non-hydrogen) atoms. The minimum absolute atomic E-state index is 0.117. The zero-order valence-corrected chi connectivity index (χ0v) is 17.6. The fraction of sp³-hybridized carbons (Fsp3) is 0. The third-order valence-electron chi connectivity index (χ3n) is 4.58. The first-order valence-electron chi connectivity index (χ1n) is 9.93. The van der Waals surface area contributed by atoms with Crippen molar-refractivity contribution in [2.24, 2.45) is 0 Å². The number of ether oxygens (including phenoxy) is 1. The number of amides is 2. The molecule has 2 aromatic heterocycles. The summed E-state index contributed by atoms with van der Waals surface area (Å²) in [4.78, 5) is 79.0. The predicted molar refractivity (Wildman–Crippen MR) is 124 cm³/mol. The second-order valence-electron chi connectivity index (χ2n) is 7.03. The molecule has 0 bridgehead atoms. The molecule has 0 aliphatic rings. The highest BCUT2D eigenvalue weighted by atomic mass is 16.5. The number of aromatic amines is 4. The molecular weight excluding hydrogens is 460 g/mol. The van der Waals surface area contributed by atoms with Gasteiger partial charge in [0.05, 0.1) is 0 Å². The number of nitrogens with one attached hydrogen (secondary N) is 6. The molecule has 2 amide bonds. The molecule has 0 aliphatic heterocycles. The van der Waals surface area contributed by atoms with Gasteiger partial charge in [0.1, 0.15) is 22.9 Å². The SMILES string of the molecule is O=C(Nc1c[nH]c(=O)[nH]c1=O)c1ccc(Oc2cccc(C(=O)Nc3c[nH]c(=O)[nH]c3=O)c2)cc1. The Morgan fingerprint density at radius 2 is 1.20 bits per heavy atom. The maximum Gasteiger partial charge on any atom is 0.325 e. The van der Waals surface area contributed by atoms with Crippen LogP contribution in [0.3, 0.4) is 0 Å². The Bertz CT molecular complexity index is 1650. The van der Waals surface area contributed by atoms with Crippen LogP contribution in [0.2, 0.25) is 0 Å². The molecule has 0 spiro atoms. The highest BCUT2D eigenvalue weighted by Gasteiger charge is 2.12. The molecule has 176 valence electrons. The van der Waals surface area contributed by atoms with Gasteiger partial charge in [-0.2, -0.15) is 0 Å². The predicted octanol–water partition coefficient (Wildman–Crippen LogP) is 0.737. The van der Waals surface area contributed by atoms with E-state index in [0.29, 0.717) is 11.5 Å². The van der Waals surface area contributed by atoms with Gasteiger partial charge in [0, 0.05) is 23.5 Å². The van der Waals surface area contributed by atoms with Crippen LogP contribution in [0.25, 0.3) is 0 Å². The van der Waals surface area contributed by atoms with Gasteiger partial charge in [-0.15, -0.1) is 0 Å². The maximum atomic E-state index is 12.5. The number of anilines is 2. The average Bonchev–Trinajstić information content (AvgIpc) is 2.83. The number of hydrogen-bond donors (Lipinski definition) is 6. The minimum Gasteiger partial charge on any atom is -0.457 e.